The molecule has 0 amide bonds. The standard InChI is InChI=1S/C12H16N2O5/c1-13(2)7-4-8-19-11-9(12(15)16)5-3-6-10(11)14(17)18/h3,5-6H,4,7-8H2,1-2H3,(H,15,16). The highest BCUT2D eigenvalue weighted by molar-refractivity contribution is 5.92. The third-order valence-electron chi connectivity index (χ3n) is 2.42. The molecule has 0 saturated heterocycles. The number of nitrogens with zero attached hydrogens (tertiary/aromatic N) is 2. The van der Waals surface area contributed by atoms with Crippen LogP contribution in [0.2, 0.25) is 0 Å². The Morgan fingerprint density at radius 3 is 2.68 bits per heavy atom. The molecule has 1 rings (SSSR count). The first-order valence-corrected chi connectivity index (χ1v) is 5.71. The molecule has 0 aliphatic heterocycles. The summed E-state index contributed by atoms with van der Waals surface area (Å²) in [6.07, 6.45) is 0.651. The number of hydrogen-bond donors (Lipinski definition) is 1. The third-order valence-corrected chi connectivity index (χ3v) is 2.42. The smallest absolute Gasteiger partial charge is 0.339 e. The molecule has 0 unspecified atom stereocenters. The fraction of sp³-hybridized carbons (Fsp3) is 0.417. The fourth-order valence-electron chi connectivity index (χ4n) is 1.54. The van der Waals surface area contributed by atoms with E-state index in [1.165, 1.54) is 18.2 Å². The van der Waals surface area contributed by atoms with Gasteiger partial charge in [-0.2, -0.15) is 0 Å². The van der Waals surface area contributed by atoms with Gasteiger partial charge < -0.3 is 14.7 Å². The van der Waals surface area contributed by atoms with Gasteiger partial charge in [-0.3, -0.25) is 10.1 Å². The largest absolute Gasteiger partial charge is 0.486 e. The Morgan fingerprint density at radius 2 is 2.16 bits per heavy atom. The third kappa shape index (κ3) is 4.22. The summed E-state index contributed by atoms with van der Waals surface area (Å²) in [6, 6.07) is 3.85. The van der Waals surface area contributed by atoms with Crippen molar-refractivity contribution in [1.29, 1.82) is 0 Å². The van der Waals surface area contributed by atoms with Crippen LogP contribution in [0.4, 0.5) is 5.69 Å². The molecule has 0 fully saturated rings. The van der Waals surface area contributed by atoms with Gasteiger partial charge in [0.1, 0.15) is 5.56 Å². The lowest BCUT2D eigenvalue weighted by atomic mass is 10.1. The molecule has 1 aromatic carbocycles. The van der Waals surface area contributed by atoms with Gasteiger partial charge in [0.15, 0.2) is 0 Å². The van der Waals surface area contributed by atoms with Crippen molar-refractivity contribution in [1.82, 2.24) is 4.90 Å². The van der Waals surface area contributed by atoms with Crippen LogP contribution in [0.1, 0.15) is 16.8 Å². The summed E-state index contributed by atoms with van der Waals surface area (Å²) in [4.78, 5) is 23.2. The van der Waals surface area contributed by atoms with Gasteiger partial charge in [0.25, 0.3) is 0 Å². The fourth-order valence-corrected chi connectivity index (χ4v) is 1.54. The second-order valence-electron chi connectivity index (χ2n) is 4.22. The summed E-state index contributed by atoms with van der Waals surface area (Å²) in [5, 5.41) is 19.9. The Bertz CT molecular complexity index is 441. The van der Waals surface area contributed by atoms with Gasteiger partial charge in [0.05, 0.1) is 11.5 Å². The van der Waals surface area contributed by atoms with E-state index in [-0.39, 0.29) is 23.6 Å². The van der Waals surface area contributed by atoms with E-state index in [4.69, 9.17) is 9.84 Å². The van der Waals surface area contributed by atoms with Crippen LogP contribution in [0.25, 0.3) is 0 Å². The van der Waals surface area contributed by atoms with Crippen molar-refractivity contribution in [2.24, 2.45) is 0 Å². The van der Waals surface area contributed by atoms with Crippen molar-refractivity contribution in [3.05, 3.63) is 33.9 Å². The van der Waals surface area contributed by atoms with E-state index in [1.54, 1.807) is 0 Å². The molecule has 0 aliphatic carbocycles. The minimum atomic E-state index is -1.24. The Hall–Kier alpha value is -2.15. The first-order valence-electron chi connectivity index (χ1n) is 5.71. The number of para-hydroxylation sites is 1. The summed E-state index contributed by atoms with van der Waals surface area (Å²) in [5.41, 5.74) is -0.524. The number of hydrogen-bond acceptors (Lipinski definition) is 5. The monoisotopic (exact) mass is 268 g/mol. The Labute approximate surface area is 110 Å². The summed E-state index contributed by atoms with van der Waals surface area (Å²) in [6.45, 7) is 0.979. The lowest BCUT2D eigenvalue weighted by Gasteiger charge is -2.11. The van der Waals surface area contributed by atoms with Crippen LogP contribution in [0.3, 0.4) is 0 Å². The highest BCUT2D eigenvalue weighted by Crippen LogP contribution is 2.31. The SMILES string of the molecule is CN(C)CCCOc1c(C(=O)O)cccc1[N+](=O)[O-]. The van der Waals surface area contributed by atoms with Gasteiger partial charge in [0.2, 0.25) is 5.75 Å². The van der Waals surface area contributed by atoms with Crippen molar-refractivity contribution < 1.29 is 19.6 Å². The minimum absolute atomic E-state index is 0.182. The van der Waals surface area contributed by atoms with Gasteiger partial charge in [-0.25, -0.2) is 4.79 Å². The first-order chi connectivity index (χ1) is 8.93. The summed E-state index contributed by atoms with van der Waals surface area (Å²) < 4.78 is 5.29. The molecule has 1 aromatic rings. The van der Waals surface area contributed by atoms with Crippen molar-refractivity contribution in [2.75, 3.05) is 27.2 Å². The maximum Gasteiger partial charge on any atom is 0.339 e. The molecule has 0 radical (unpaired) electrons. The predicted molar refractivity (Wildman–Crippen MR) is 68.7 cm³/mol. The number of benzene rings is 1. The zero-order valence-electron chi connectivity index (χ0n) is 10.8. The summed E-state index contributed by atoms with van der Waals surface area (Å²) in [5.74, 6) is -1.43. The van der Waals surface area contributed by atoms with Gasteiger partial charge in [-0.05, 0) is 26.6 Å². The van der Waals surface area contributed by atoms with E-state index in [0.29, 0.717) is 6.42 Å². The lowest BCUT2D eigenvalue weighted by molar-refractivity contribution is -0.385. The van der Waals surface area contributed by atoms with Crippen molar-refractivity contribution in [3.8, 4) is 5.75 Å². The molecule has 7 nitrogen and oxygen atoms in total. The van der Waals surface area contributed by atoms with Crippen LogP contribution in [0, 0.1) is 10.1 Å². The maximum absolute atomic E-state index is 11.0. The topological polar surface area (TPSA) is 92.9 Å². The van der Waals surface area contributed by atoms with Crippen LogP contribution >= 0.6 is 0 Å². The van der Waals surface area contributed by atoms with E-state index in [9.17, 15) is 14.9 Å². The van der Waals surface area contributed by atoms with E-state index < -0.39 is 10.9 Å². The highest BCUT2D eigenvalue weighted by atomic mass is 16.6. The Kier molecular flexibility index (Phi) is 5.25. The lowest BCUT2D eigenvalue weighted by Crippen LogP contribution is -2.16. The highest BCUT2D eigenvalue weighted by Gasteiger charge is 2.22. The number of ether oxygens (including phenoxy) is 1. The predicted octanol–water partition coefficient (Wildman–Crippen LogP) is 1.62. The number of carboxylic acids is 1. The average molecular weight is 268 g/mol. The van der Waals surface area contributed by atoms with E-state index in [1.807, 2.05) is 19.0 Å². The van der Waals surface area contributed by atoms with Gasteiger partial charge >= 0.3 is 11.7 Å². The normalized spacial score (nSPS) is 10.5. The number of rotatable bonds is 7. The van der Waals surface area contributed by atoms with Gasteiger partial charge in [0, 0.05) is 12.6 Å². The molecule has 0 aliphatic rings. The number of carbonyl (C=O) groups is 1. The zero-order chi connectivity index (χ0) is 14.4. The summed E-state index contributed by atoms with van der Waals surface area (Å²) >= 11 is 0. The quantitative estimate of drug-likeness (QED) is 0.459. The van der Waals surface area contributed by atoms with Crippen LogP contribution in [-0.2, 0) is 0 Å². The molecule has 0 spiro atoms. The molecule has 19 heavy (non-hydrogen) atoms. The van der Waals surface area contributed by atoms with E-state index in [2.05, 4.69) is 0 Å². The molecular formula is C12H16N2O5. The number of carboxylic acid groups (broad SMARTS) is 1. The molecule has 0 atom stereocenters. The molecule has 0 heterocycles. The van der Waals surface area contributed by atoms with Crippen molar-refractivity contribution >= 4 is 11.7 Å². The first kappa shape index (κ1) is 14.9. The van der Waals surface area contributed by atoms with Crippen LogP contribution in [0.5, 0.6) is 5.75 Å². The van der Waals surface area contributed by atoms with E-state index >= 15 is 0 Å². The maximum atomic E-state index is 11.0. The molecule has 0 saturated carbocycles. The molecule has 104 valence electrons. The Morgan fingerprint density at radius 1 is 1.47 bits per heavy atom. The second kappa shape index (κ2) is 6.69. The second-order valence-corrected chi connectivity index (χ2v) is 4.22. The Balaban J connectivity index is 2.89. The molecule has 0 aromatic heterocycles. The average Bonchev–Trinajstić information content (AvgIpc) is 2.33. The van der Waals surface area contributed by atoms with Gasteiger partial charge in [-0.1, -0.05) is 6.07 Å². The van der Waals surface area contributed by atoms with Crippen LogP contribution in [-0.4, -0.2) is 48.1 Å². The summed E-state index contributed by atoms with van der Waals surface area (Å²) in [7, 11) is 3.79. The van der Waals surface area contributed by atoms with Gasteiger partial charge in [-0.15, -0.1) is 0 Å². The van der Waals surface area contributed by atoms with Crippen molar-refractivity contribution in [3.63, 3.8) is 0 Å². The number of nitro benzene ring substituents is 1. The molecule has 1 N–H and O–H groups in total. The van der Waals surface area contributed by atoms with Crippen molar-refractivity contribution in [2.45, 2.75) is 6.42 Å². The molecule has 7 heteroatoms. The zero-order valence-corrected chi connectivity index (χ0v) is 10.8. The van der Waals surface area contributed by atoms with E-state index in [0.717, 1.165) is 6.54 Å². The van der Waals surface area contributed by atoms with Crippen LogP contribution in [0.15, 0.2) is 18.2 Å². The number of aromatic carboxylic acids is 1. The minimum Gasteiger partial charge on any atom is -0.486 e. The number of nitro groups is 1. The molecule has 0 bridgehead atoms. The van der Waals surface area contributed by atoms with Crippen LogP contribution < -0.4 is 4.74 Å². The molecular weight excluding hydrogens is 252 g/mol.